The van der Waals surface area contributed by atoms with Crippen molar-refractivity contribution < 1.29 is 9.53 Å². The van der Waals surface area contributed by atoms with Gasteiger partial charge in [0.1, 0.15) is 5.60 Å². The molecule has 3 heteroatoms. The summed E-state index contributed by atoms with van der Waals surface area (Å²) in [5.74, 6) is 0.158. The topological polar surface area (TPSA) is 52.3 Å². The predicted octanol–water partition coefficient (Wildman–Crippen LogP) is 3.34. The Kier molecular flexibility index (Phi) is 6.41. The van der Waals surface area contributed by atoms with E-state index in [1.807, 2.05) is 20.8 Å². The maximum Gasteiger partial charge on any atom is 0.311 e. The van der Waals surface area contributed by atoms with Crippen LogP contribution in [0, 0.1) is 11.8 Å². The SMILES string of the molecule is CC(C)Cc1ccc(CC(CN)C(=O)OC(C)(C)C)cc1. The molecule has 118 valence electrons. The van der Waals surface area contributed by atoms with Crippen LogP contribution < -0.4 is 5.73 Å². The predicted molar refractivity (Wildman–Crippen MR) is 87.1 cm³/mol. The summed E-state index contributed by atoms with van der Waals surface area (Å²) in [6.45, 7) is 10.3. The van der Waals surface area contributed by atoms with E-state index in [2.05, 4.69) is 38.1 Å². The van der Waals surface area contributed by atoms with Crippen molar-refractivity contribution in [3.63, 3.8) is 0 Å². The number of hydrogen-bond acceptors (Lipinski definition) is 3. The lowest BCUT2D eigenvalue weighted by atomic mass is 9.96. The summed E-state index contributed by atoms with van der Waals surface area (Å²) in [4.78, 5) is 12.1. The number of ether oxygens (including phenoxy) is 1. The maximum absolute atomic E-state index is 12.1. The highest BCUT2D eigenvalue weighted by Crippen LogP contribution is 2.16. The molecule has 0 radical (unpaired) electrons. The first-order valence-electron chi connectivity index (χ1n) is 7.72. The van der Waals surface area contributed by atoms with Crippen LogP contribution >= 0.6 is 0 Å². The van der Waals surface area contributed by atoms with Crippen LogP contribution in [-0.2, 0) is 22.4 Å². The summed E-state index contributed by atoms with van der Waals surface area (Å²) in [6, 6.07) is 8.45. The molecule has 3 nitrogen and oxygen atoms in total. The van der Waals surface area contributed by atoms with Crippen molar-refractivity contribution in [2.75, 3.05) is 6.54 Å². The number of benzene rings is 1. The summed E-state index contributed by atoms with van der Waals surface area (Å²) in [5, 5.41) is 0. The van der Waals surface area contributed by atoms with E-state index in [-0.39, 0.29) is 11.9 Å². The second kappa shape index (κ2) is 7.60. The summed E-state index contributed by atoms with van der Waals surface area (Å²) in [7, 11) is 0. The number of nitrogens with two attached hydrogens (primary N) is 1. The van der Waals surface area contributed by atoms with E-state index >= 15 is 0 Å². The first kappa shape index (κ1) is 17.7. The van der Waals surface area contributed by atoms with Gasteiger partial charge in [-0.15, -0.1) is 0 Å². The Morgan fingerprint density at radius 1 is 1.10 bits per heavy atom. The Bertz CT molecular complexity index is 443. The van der Waals surface area contributed by atoms with Gasteiger partial charge in [0.25, 0.3) is 0 Å². The molecule has 0 aromatic heterocycles. The van der Waals surface area contributed by atoms with E-state index in [0.717, 1.165) is 12.0 Å². The molecule has 0 aliphatic heterocycles. The highest BCUT2D eigenvalue weighted by molar-refractivity contribution is 5.73. The van der Waals surface area contributed by atoms with Gasteiger partial charge in [0.05, 0.1) is 5.92 Å². The zero-order chi connectivity index (χ0) is 16.0. The Labute approximate surface area is 128 Å². The van der Waals surface area contributed by atoms with E-state index in [0.29, 0.717) is 18.9 Å². The molecule has 0 saturated heterocycles. The number of esters is 1. The highest BCUT2D eigenvalue weighted by Gasteiger charge is 2.24. The molecule has 0 fully saturated rings. The maximum atomic E-state index is 12.1. The molecule has 0 bridgehead atoms. The van der Waals surface area contributed by atoms with Gasteiger partial charge in [-0.2, -0.15) is 0 Å². The molecule has 0 aliphatic rings. The molecule has 0 saturated carbocycles. The van der Waals surface area contributed by atoms with Crippen LogP contribution in [0.15, 0.2) is 24.3 Å². The first-order chi connectivity index (χ1) is 9.71. The quantitative estimate of drug-likeness (QED) is 0.818. The molecular formula is C18H29NO2. The van der Waals surface area contributed by atoms with Gasteiger partial charge < -0.3 is 10.5 Å². The third kappa shape index (κ3) is 6.76. The number of rotatable bonds is 6. The Morgan fingerprint density at radius 2 is 1.57 bits per heavy atom. The van der Waals surface area contributed by atoms with Crippen LogP contribution in [0.4, 0.5) is 0 Å². The largest absolute Gasteiger partial charge is 0.460 e. The van der Waals surface area contributed by atoms with Crippen LogP contribution in [-0.4, -0.2) is 18.1 Å². The lowest BCUT2D eigenvalue weighted by Gasteiger charge is -2.23. The van der Waals surface area contributed by atoms with Crippen LogP contribution in [0.1, 0.15) is 45.7 Å². The van der Waals surface area contributed by atoms with E-state index in [4.69, 9.17) is 10.5 Å². The van der Waals surface area contributed by atoms with Crippen LogP contribution in [0.5, 0.6) is 0 Å². The van der Waals surface area contributed by atoms with E-state index < -0.39 is 5.60 Å². The van der Waals surface area contributed by atoms with E-state index in [1.165, 1.54) is 5.56 Å². The van der Waals surface area contributed by atoms with Crippen molar-refractivity contribution in [1.29, 1.82) is 0 Å². The normalized spacial score (nSPS) is 13.3. The van der Waals surface area contributed by atoms with Gasteiger partial charge in [-0.3, -0.25) is 4.79 Å². The van der Waals surface area contributed by atoms with Gasteiger partial charge in [0, 0.05) is 6.54 Å². The Hall–Kier alpha value is -1.35. The minimum Gasteiger partial charge on any atom is -0.460 e. The molecule has 1 atom stereocenters. The first-order valence-corrected chi connectivity index (χ1v) is 7.72. The van der Waals surface area contributed by atoms with Gasteiger partial charge in [-0.25, -0.2) is 0 Å². The molecule has 0 spiro atoms. The molecule has 1 unspecified atom stereocenters. The van der Waals surface area contributed by atoms with Gasteiger partial charge in [0.2, 0.25) is 0 Å². The second-order valence-corrected chi connectivity index (χ2v) is 7.08. The minimum atomic E-state index is -0.467. The van der Waals surface area contributed by atoms with Crippen LogP contribution in [0.25, 0.3) is 0 Å². The number of hydrogen-bond donors (Lipinski definition) is 1. The number of carbonyl (C=O) groups excluding carboxylic acids is 1. The second-order valence-electron chi connectivity index (χ2n) is 7.08. The molecule has 1 aromatic rings. The fourth-order valence-corrected chi connectivity index (χ4v) is 2.22. The van der Waals surface area contributed by atoms with Crippen molar-refractivity contribution in [2.45, 2.75) is 53.1 Å². The third-order valence-corrected chi connectivity index (χ3v) is 3.17. The molecule has 0 aliphatic carbocycles. The van der Waals surface area contributed by atoms with Crippen LogP contribution in [0.3, 0.4) is 0 Å². The third-order valence-electron chi connectivity index (χ3n) is 3.17. The van der Waals surface area contributed by atoms with E-state index in [1.54, 1.807) is 0 Å². The molecule has 0 amide bonds. The Morgan fingerprint density at radius 3 is 1.95 bits per heavy atom. The fraction of sp³-hybridized carbons (Fsp3) is 0.611. The summed E-state index contributed by atoms with van der Waals surface area (Å²) in [6.07, 6.45) is 1.71. The highest BCUT2D eigenvalue weighted by atomic mass is 16.6. The molecule has 1 rings (SSSR count). The monoisotopic (exact) mass is 291 g/mol. The average Bonchev–Trinajstić information content (AvgIpc) is 2.35. The smallest absolute Gasteiger partial charge is 0.311 e. The van der Waals surface area contributed by atoms with Crippen molar-refractivity contribution >= 4 is 5.97 Å². The molecule has 1 aromatic carbocycles. The standard InChI is InChI=1S/C18H29NO2/c1-13(2)10-14-6-8-15(9-7-14)11-16(12-19)17(20)21-18(3,4)5/h6-9,13,16H,10-12,19H2,1-5H3. The van der Waals surface area contributed by atoms with Gasteiger partial charge in [-0.1, -0.05) is 38.1 Å². The van der Waals surface area contributed by atoms with E-state index in [9.17, 15) is 4.79 Å². The van der Waals surface area contributed by atoms with Crippen molar-refractivity contribution in [2.24, 2.45) is 17.6 Å². The van der Waals surface area contributed by atoms with Crippen molar-refractivity contribution in [1.82, 2.24) is 0 Å². The van der Waals surface area contributed by atoms with Gasteiger partial charge >= 0.3 is 5.97 Å². The zero-order valence-corrected chi connectivity index (χ0v) is 14.0. The van der Waals surface area contributed by atoms with Crippen LogP contribution in [0.2, 0.25) is 0 Å². The lowest BCUT2D eigenvalue weighted by Crippen LogP contribution is -2.33. The molecule has 2 N–H and O–H groups in total. The fourth-order valence-electron chi connectivity index (χ4n) is 2.22. The van der Waals surface area contributed by atoms with Crippen molar-refractivity contribution in [3.8, 4) is 0 Å². The minimum absolute atomic E-state index is 0.212. The number of carbonyl (C=O) groups is 1. The van der Waals surface area contributed by atoms with Gasteiger partial charge in [0.15, 0.2) is 0 Å². The Balaban J connectivity index is 2.67. The molecule has 21 heavy (non-hydrogen) atoms. The zero-order valence-electron chi connectivity index (χ0n) is 14.0. The average molecular weight is 291 g/mol. The molecule has 0 heterocycles. The lowest BCUT2D eigenvalue weighted by molar-refractivity contribution is -0.159. The molecular weight excluding hydrogens is 262 g/mol. The summed E-state index contributed by atoms with van der Waals surface area (Å²) < 4.78 is 5.42. The van der Waals surface area contributed by atoms with Gasteiger partial charge in [-0.05, 0) is 50.7 Å². The van der Waals surface area contributed by atoms with Crippen molar-refractivity contribution in [3.05, 3.63) is 35.4 Å². The summed E-state index contributed by atoms with van der Waals surface area (Å²) >= 11 is 0. The summed E-state index contributed by atoms with van der Waals surface area (Å²) in [5.41, 5.74) is 7.73.